The summed E-state index contributed by atoms with van der Waals surface area (Å²) in [5.41, 5.74) is 8.69. The van der Waals surface area contributed by atoms with Gasteiger partial charge in [0.2, 0.25) is 5.91 Å². The minimum Gasteiger partial charge on any atom is -0.366 e. The maximum atomic E-state index is 12.8. The van der Waals surface area contributed by atoms with Gasteiger partial charge in [-0.1, -0.05) is 18.2 Å². The van der Waals surface area contributed by atoms with Crippen molar-refractivity contribution in [3.8, 4) is 0 Å². The second kappa shape index (κ2) is 6.02. The van der Waals surface area contributed by atoms with E-state index in [4.69, 9.17) is 5.73 Å². The van der Waals surface area contributed by atoms with Gasteiger partial charge >= 0.3 is 0 Å². The van der Waals surface area contributed by atoms with Gasteiger partial charge in [0.05, 0.1) is 11.1 Å². The standard InChI is InChI=1S/C20H17N3O2/c21-19(24)13-7-9-14(10-8-13)22-20(25)16-11-18(12-5-6-12)23-17-4-2-1-3-15(16)17/h1-4,7-12H,5-6H2,(H2,21,24)(H,22,25). The fourth-order valence-corrected chi connectivity index (χ4v) is 2.89. The molecule has 4 rings (SSSR count). The number of amides is 2. The third-order valence-corrected chi connectivity index (χ3v) is 4.40. The number of anilines is 1. The molecule has 25 heavy (non-hydrogen) atoms. The monoisotopic (exact) mass is 331 g/mol. The second-order valence-electron chi connectivity index (χ2n) is 6.28. The molecule has 2 amide bonds. The molecule has 2 aromatic carbocycles. The second-order valence-corrected chi connectivity index (χ2v) is 6.28. The van der Waals surface area contributed by atoms with E-state index in [2.05, 4.69) is 10.3 Å². The van der Waals surface area contributed by atoms with Gasteiger partial charge < -0.3 is 11.1 Å². The SMILES string of the molecule is NC(=O)c1ccc(NC(=O)c2cc(C3CC3)nc3ccccc23)cc1. The van der Waals surface area contributed by atoms with Crippen molar-refractivity contribution < 1.29 is 9.59 Å². The van der Waals surface area contributed by atoms with Gasteiger partial charge in [0, 0.05) is 28.2 Å². The minimum absolute atomic E-state index is 0.188. The largest absolute Gasteiger partial charge is 0.366 e. The highest BCUT2D eigenvalue weighted by atomic mass is 16.2. The third-order valence-electron chi connectivity index (χ3n) is 4.40. The quantitative estimate of drug-likeness (QED) is 0.767. The summed E-state index contributed by atoms with van der Waals surface area (Å²) >= 11 is 0. The highest BCUT2D eigenvalue weighted by Gasteiger charge is 2.26. The molecule has 0 unspecified atom stereocenters. The molecule has 5 heteroatoms. The van der Waals surface area contributed by atoms with Crippen LogP contribution in [-0.2, 0) is 0 Å². The third kappa shape index (κ3) is 3.08. The van der Waals surface area contributed by atoms with Gasteiger partial charge in [0.15, 0.2) is 0 Å². The van der Waals surface area contributed by atoms with Gasteiger partial charge in [-0.05, 0) is 49.2 Å². The van der Waals surface area contributed by atoms with E-state index in [1.165, 1.54) is 0 Å². The molecular weight excluding hydrogens is 314 g/mol. The summed E-state index contributed by atoms with van der Waals surface area (Å²) in [5.74, 6) is -0.217. The normalized spacial score (nSPS) is 13.6. The molecule has 3 N–H and O–H groups in total. The number of rotatable bonds is 4. The summed E-state index contributed by atoms with van der Waals surface area (Å²) in [6.07, 6.45) is 2.25. The summed E-state index contributed by atoms with van der Waals surface area (Å²) in [6, 6.07) is 16.1. The molecule has 0 radical (unpaired) electrons. The van der Waals surface area contributed by atoms with Crippen molar-refractivity contribution >= 4 is 28.4 Å². The molecule has 1 saturated carbocycles. The highest BCUT2D eigenvalue weighted by molar-refractivity contribution is 6.12. The Balaban J connectivity index is 1.68. The number of primary amides is 1. The van der Waals surface area contributed by atoms with Crippen LogP contribution in [0.5, 0.6) is 0 Å². The van der Waals surface area contributed by atoms with Crippen LogP contribution in [0.15, 0.2) is 54.6 Å². The molecule has 1 heterocycles. The van der Waals surface area contributed by atoms with Crippen LogP contribution in [-0.4, -0.2) is 16.8 Å². The number of carbonyl (C=O) groups excluding carboxylic acids is 2. The lowest BCUT2D eigenvalue weighted by molar-refractivity contribution is 0.0998. The number of benzene rings is 2. The van der Waals surface area contributed by atoms with Crippen LogP contribution in [0, 0.1) is 0 Å². The number of carbonyl (C=O) groups is 2. The fourth-order valence-electron chi connectivity index (χ4n) is 2.89. The van der Waals surface area contributed by atoms with Crippen LogP contribution >= 0.6 is 0 Å². The predicted molar refractivity (Wildman–Crippen MR) is 96.6 cm³/mol. The number of fused-ring (bicyclic) bond motifs is 1. The fraction of sp³-hybridized carbons (Fsp3) is 0.150. The molecule has 124 valence electrons. The van der Waals surface area contributed by atoms with Crippen molar-refractivity contribution in [2.45, 2.75) is 18.8 Å². The first-order chi connectivity index (χ1) is 12.1. The van der Waals surface area contributed by atoms with E-state index < -0.39 is 5.91 Å². The molecule has 0 saturated heterocycles. The molecule has 1 fully saturated rings. The molecule has 0 aliphatic heterocycles. The van der Waals surface area contributed by atoms with E-state index in [0.29, 0.717) is 22.7 Å². The Kier molecular flexibility index (Phi) is 3.69. The van der Waals surface area contributed by atoms with Gasteiger partial charge in [-0.25, -0.2) is 0 Å². The molecule has 1 aliphatic rings. The lowest BCUT2D eigenvalue weighted by atomic mass is 10.1. The number of pyridine rings is 1. The van der Waals surface area contributed by atoms with Crippen LogP contribution in [0.4, 0.5) is 5.69 Å². The van der Waals surface area contributed by atoms with Gasteiger partial charge in [-0.2, -0.15) is 0 Å². The van der Waals surface area contributed by atoms with Gasteiger partial charge in [0.25, 0.3) is 5.91 Å². The van der Waals surface area contributed by atoms with E-state index >= 15 is 0 Å². The maximum absolute atomic E-state index is 12.8. The topological polar surface area (TPSA) is 85.1 Å². The van der Waals surface area contributed by atoms with Crippen molar-refractivity contribution in [1.82, 2.24) is 4.98 Å². The maximum Gasteiger partial charge on any atom is 0.256 e. The number of nitrogens with two attached hydrogens (primary N) is 1. The van der Waals surface area contributed by atoms with E-state index in [1.807, 2.05) is 30.3 Å². The Morgan fingerprint density at radius 2 is 1.76 bits per heavy atom. The Bertz CT molecular complexity index is 976. The van der Waals surface area contributed by atoms with Crippen LogP contribution in [0.1, 0.15) is 45.2 Å². The first-order valence-electron chi connectivity index (χ1n) is 8.23. The number of nitrogens with zero attached hydrogens (tertiary/aromatic N) is 1. The van der Waals surface area contributed by atoms with Crippen molar-refractivity contribution in [3.05, 3.63) is 71.4 Å². The molecule has 5 nitrogen and oxygen atoms in total. The zero-order valence-corrected chi connectivity index (χ0v) is 13.5. The first kappa shape index (κ1) is 15.3. The lowest BCUT2D eigenvalue weighted by Crippen LogP contribution is -2.14. The van der Waals surface area contributed by atoms with Crippen LogP contribution in [0.2, 0.25) is 0 Å². The van der Waals surface area contributed by atoms with Crippen molar-refractivity contribution in [1.29, 1.82) is 0 Å². The Morgan fingerprint density at radius 3 is 2.44 bits per heavy atom. The predicted octanol–water partition coefficient (Wildman–Crippen LogP) is 3.46. The summed E-state index contributed by atoms with van der Waals surface area (Å²) < 4.78 is 0. The molecule has 3 aromatic rings. The minimum atomic E-state index is -0.493. The van der Waals surface area contributed by atoms with Crippen molar-refractivity contribution in [2.75, 3.05) is 5.32 Å². The number of hydrogen-bond donors (Lipinski definition) is 2. The Morgan fingerprint density at radius 1 is 1.04 bits per heavy atom. The van der Waals surface area contributed by atoms with E-state index in [1.54, 1.807) is 24.3 Å². The molecule has 0 atom stereocenters. The molecular formula is C20H17N3O2. The molecule has 0 bridgehead atoms. The highest BCUT2D eigenvalue weighted by Crippen LogP contribution is 2.40. The summed E-state index contributed by atoms with van der Waals surface area (Å²) in [7, 11) is 0. The van der Waals surface area contributed by atoms with Gasteiger partial charge in [-0.3, -0.25) is 14.6 Å². The van der Waals surface area contributed by atoms with Gasteiger partial charge in [0.1, 0.15) is 0 Å². The van der Waals surface area contributed by atoms with E-state index in [0.717, 1.165) is 29.4 Å². The summed E-state index contributed by atoms with van der Waals surface area (Å²) in [4.78, 5) is 28.6. The van der Waals surface area contributed by atoms with Gasteiger partial charge in [-0.15, -0.1) is 0 Å². The molecule has 1 aliphatic carbocycles. The average molecular weight is 331 g/mol. The number of nitrogens with one attached hydrogen (secondary N) is 1. The summed E-state index contributed by atoms with van der Waals surface area (Å²) in [5, 5.41) is 3.72. The van der Waals surface area contributed by atoms with Crippen LogP contribution in [0.3, 0.4) is 0 Å². The summed E-state index contributed by atoms with van der Waals surface area (Å²) in [6.45, 7) is 0. The number of para-hydroxylation sites is 1. The molecule has 1 aromatic heterocycles. The average Bonchev–Trinajstić information content (AvgIpc) is 3.46. The Hall–Kier alpha value is -3.21. The van der Waals surface area contributed by atoms with Crippen molar-refractivity contribution in [3.63, 3.8) is 0 Å². The van der Waals surface area contributed by atoms with Crippen LogP contribution in [0.25, 0.3) is 10.9 Å². The van der Waals surface area contributed by atoms with E-state index in [9.17, 15) is 9.59 Å². The van der Waals surface area contributed by atoms with Crippen LogP contribution < -0.4 is 11.1 Å². The van der Waals surface area contributed by atoms with E-state index in [-0.39, 0.29) is 5.91 Å². The zero-order chi connectivity index (χ0) is 17.4. The van der Waals surface area contributed by atoms with Crippen molar-refractivity contribution in [2.24, 2.45) is 5.73 Å². The smallest absolute Gasteiger partial charge is 0.256 e. The number of hydrogen-bond acceptors (Lipinski definition) is 3. The first-order valence-corrected chi connectivity index (χ1v) is 8.23. The number of aromatic nitrogens is 1. The Labute approximate surface area is 144 Å². The molecule has 0 spiro atoms. The zero-order valence-electron chi connectivity index (χ0n) is 13.5. The lowest BCUT2D eigenvalue weighted by Gasteiger charge is -2.10.